The molecule has 1 aromatic carbocycles. The molecule has 0 aliphatic rings. The van der Waals surface area contributed by atoms with Crippen LogP contribution in [-0.4, -0.2) is 11.0 Å². The molecule has 18 heavy (non-hydrogen) atoms. The maximum absolute atomic E-state index is 6.37. The van der Waals surface area contributed by atoms with Gasteiger partial charge in [0.05, 0.1) is 10.7 Å². The van der Waals surface area contributed by atoms with E-state index < -0.39 is 0 Å². The minimum absolute atomic E-state index is 0.138. The number of nitrogens with two attached hydrogens (primary N) is 1. The summed E-state index contributed by atoms with van der Waals surface area (Å²) >= 11 is 1.69. The first kappa shape index (κ1) is 13.2. The highest BCUT2D eigenvalue weighted by Crippen LogP contribution is 2.24. The van der Waals surface area contributed by atoms with Crippen molar-refractivity contribution in [2.75, 3.05) is 0 Å². The SMILES string of the molecule is CCC(c1ccccc1)C(N)Cc1csc(C)n1. The van der Waals surface area contributed by atoms with Crippen LogP contribution in [0.25, 0.3) is 0 Å². The van der Waals surface area contributed by atoms with E-state index in [0.717, 1.165) is 23.5 Å². The predicted molar refractivity (Wildman–Crippen MR) is 78.0 cm³/mol. The topological polar surface area (TPSA) is 38.9 Å². The number of rotatable bonds is 5. The Hall–Kier alpha value is -1.19. The van der Waals surface area contributed by atoms with Gasteiger partial charge in [-0.3, -0.25) is 0 Å². The fourth-order valence-electron chi connectivity index (χ4n) is 2.37. The molecule has 2 N–H and O–H groups in total. The number of thiazole rings is 1. The Balaban J connectivity index is 2.08. The van der Waals surface area contributed by atoms with Gasteiger partial charge in [0.25, 0.3) is 0 Å². The summed E-state index contributed by atoms with van der Waals surface area (Å²) in [6.45, 7) is 4.23. The first-order valence-electron chi connectivity index (χ1n) is 6.42. The lowest BCUT2D eigenvalue weighted by Crippen LogP contribution is -2.30. The Kier molecular flexibility index (Phi) is 4.50. The average Bonchev–Trinajstić information content (AvgIpc) is 2.77. The minimum atomic E-state index is 0.138. The summed E-state index contributed by atoms with van der Waals surface area (Å²) in [5.74, 6) is 0.410. The molecular weight excluding hydrogens is 240 g/mol. The van der Waals surface area contributed by atoms with Gasteiger partial charge in [0.1, 0.15) is 0 Å². The smallest absolute Gasteiger partial charge is 0.0897 e. The molecule has 0 fully saturated rings. The van der Waals surface area contributed by atoms with Crippen molar-refractivity contribution >= 4 is 11.3 Å². The van der Waals surface area contributed by atoms with E-state index in [4.69, 9.17) is 5.73 Å². The van der Waals surface area contributed by atoms with E-state index in [-0.39, 0.29) is 6.04 Å². The first-order valence-corrected chi connectivity index (χ1v) is 7.30. The van der Waals surface area contributed by atoms with Gasteiger partial charge in [-0.15, -0.1) is 11.3 Å². The van der Waals surface area contributed by atoms with Gasteiger partial charge in [0, 0.05) is 17.8 Å². The Labute approximate surface area is 113 Å². The van der Waals surface area contributed by atoms with Crippen LogP contribution in [-0.2, 0) is 6.42 Å². The summed E-state index contributed by atoms with van der Waals surface area (Å²) in [5, 5.41) is 3.23. The molecule has 96 valence electrons. The molecule has 0 saturated heterocycles. The number of nitrogens with zero attached hydrogens (tertiary/aromatic N) is 1. The zero-order valence-corrected chi connectivity index (χ0v) is 11.8. The third-order valence-electron chi connectivity index (χ3n) is 3.30. The van der Waals surface area contributed by atoms with Crippen molar-refractivity contribution in [1.82, 2.24) is 4.98 Å². The van der Waals surface area contributed by atoms with E-state index >= 15 is 0 Å². The lowest BCUT2D eigenvalue weighted by atomic mass is 9.87. The number of hydrogen-bond donors (Lipinski definition) is 1. The summed E-state index contributed by atoms with van der Waals surface area (Å²) in [6.07, 6.45) is 1.92. The van der Waals surface area contributed by atoms with Crippen LogP contribution >= 0.6 is 11.3 Å². The zero-order valence-electron chi connectivity index (χ0n) is 11.0. The van der Waals surface area contributed by atoms with Crippen LogP contribution in [0.15, 0.2) is 35.7 Å². The summed E-state index contributed by atoms with van der Waals surface area (Å²) in [7, 11) is 0. The van der Waals surface area contributed by atoms with E-state index in [1.54, 1.807) is 11.3 Å². The fraction of sp³-hybridized carbons (Fsp3) is 0.400. The molecule has 1 aromatic heterocycles. The Bertz CT molecular complexity index is 478. The van der Waals surface area contributed by atoms with Crippen LogP contribution in [0.3, 0.4) is 0 Å². The van der Waals surface area contributed by atoms with Gasteiger partial charge in [-0.25, -0.2) is 4.98 Å². The highest BCUT2D eigenvalue weighted by molar-refractivity contribution is 7.09. The fourth-order valence-corrected chi connectivity index (χ4v) is 3.00. The second-order valence-corrected chi connectivity index (χ2v) is 5.71. The maximum atomic E-state index is 6.37. The number of aryl methyl sites for hydroxylation is 1. The van der Waals surface area contributed by atoms with Gasteiger partial charge in [-0.05, 0) is 24.8 Å². The van der Waals surface area contributed by atoms with E-state index in [9.17, 15) is 0 Å². The minimum Gasteiger partial charge on any atom is -0.327 e. The van der Waals surface area contributed by atoms with Gasteiger partial charge in [0.2, 0.25) is 0 Å². The molecule has 0 aliphatic heterocycles. The van der Waals surface area contributed by atoms with Crippen LogP contribution in [0, 0.1) is 6.92 Å². The lowest BCUT2D eigenvalue weighted by molar-refractivity contribution is 0.511. The molecule has 2 nitrogen and oxygen atoms in total. The largest absolute Gasteiger partial charge is 0.327 e. The zero-order chi connectivity index (χ0) is 13.0. The lowest BCUT2D eigenvalue weighted by Gasteiger charge is -2.22. The third kappa shape index (κ3) is 3.18. The quantitative estimate of drug-likeness (QED) is 0.893. The van der Waals surface area contributed by atoms with Crippen molar-refractivity contribution in [1.29, 1.82) is 0 Å². The van der Waals surface area contributed by atoms with E-state index in [1.807, 2.05) is 13.0 Å². The standard InChI is InChI=1S/C15H20N2S/c1-3-14(12-7-5-4-6-8-12)15(16)9-13-10-18-11(2)17-13/h4-8,10,14-15H,3,9,16H2,1-2H3. The molecule has 1 heterocycles. The third-order valence-corrected chi connectivity index (χ3v) is 4.12. The number of benzene rings is 1. The van der Waals surface area contributed by atoms with Crippen molar-refractivity contribution in [2.24, 2.45) is 5.73 Å². The number of hydrogen-bond acceptors (Lipinski definition) is 3. The second-order valence-electron chi connectivity index (χ2n) is 4.65. The van der Waals surface area contributed by atoms with Crippen LogP contribution in [0.2, 0.25) is 0 Å². The van der Waals surface area contributed by atoms with Gasteiger partial charge >= 0.3 is 0 Å². The van der Waals surface area contributed by atoms with Gasteiger partial charge in [-0.1, -0.05) is 37.3 Å². The molecule has 0 saturated carbocycles. The highest BCUT2D eigenvalue weighted by Gasteiger charge is 2.19. The van der Waals surface area contributed by atoms with Gasteiger partial charge < -0.3 is 5.73 Å². The molecule has 0 radical (unpaired) electrons. The monoisotopic (exact) mass is 260 g/mol. The first-order chi connectivity index (χ1) is 8.70. The summed E-state index contributed by atoms with van der Waals surface area (Å²) in [5.41, 5.74) is 8.82. The normalized spacial score (nSPS) is 14.4. The molecule has 2 aromatic rings. The van der Waals surface area contributed by atoms with Gasteiger partial charge in [0.15, 0.2) is 0 Å². The Morgan fingerprint density at radius 1 is 1.28 bits per heavy atom. The predicted octanol–water partition coefficient (Wildman–Crippen LogP) is 3.52. The Morgan fingerprint density at radius 3 is 2.56 bits per heavy atom. The van der Waals surface area contributed by atoms with Gasteiger partial charge in [-0.2, -0.15) is 0 Å². The van der Waals surface area contributed by atoms with Crippen molar-refractivity contribution < 1.29 is 0 Å². The molecule has 2 rings (SSSR count). The highest BCUT2D eigenvalue weighted by atomic mass is 32.1. The van der Waals surface area contributed by atoms with Crippen molar-refractivity contribution in [3.8, 4) is 0 Å². The molecule has 2 atom stereocenters. The van der Waals surface area contributed by atoms with E-state index in [1.165, 1.54) is 5.56 Å². The Morgan fingerprint density at radius 2 is 2.00 bits per heavy atom. The molecule has 2 unspecified atom stereocenters. The second kappa shape index (κ2) is 6.12. The van der Waals surface area contributed by atoms with E-state index in [2.05, 4.69) is 41.6 Å². The summed E-state index contributed by atoms with van der Waals surface area (Å²) in [4.78, 5) is 4.50. The molecular formula is C15H20N2S. The van der Waals surface area contributed by atoms with Crippen LogP contribution in [0.4, 0.5) is 0 Å². The number of aromatic nitrogens is 1. The molecule has 0 spiro atoms. The van der Waals surface area contributed by atoms with Crippen molar-refractivity contribution in [2.45, 2.75) is 38.6 Å². The molecule has 3 heteroatoms. The van der Waals surface area contributed by atoms with Crippen LogP contribution < -0.4 is 5.73 Å². The van der Waals surface area contributed by atoms with E-state index in [0.29, 0.717) is 5.92 Å². The average molecular weight is 260 g/mol. The molecule has 0 aliphatic carbocycles. The van der Waals surface area contributed by atoms with Crippen molar-refractivity contribution in [3.63, 3.8) is 0 Å². The maximum Gasteiger partial charge on any atom is 0.0897 e. The summed E-state index contributed by atoms with van der Waals surface area (Å²) in [6, 6.07) is 10.7. The molecule has 0 bridgehead atoms. The molecule has 0 amide bonds. The van der Waals surface area contributed by atoms with Crippen LogP contribution in [0.1, 0.15) is 35.5 Å². The van der Waals surface area contributed by atoms with Crippen LogP contribution in [0.5, 0.6) is 0 Å². The summed E-state index contributed by atoms with van der Waals surface area (Å²) < 4.78 is 0. The van der Waals surface area contributed by atoms with Crippen molar-refractivity contribution in [3.05, 3.63) is 52.0 Å².